The molecule has 0 aliphatic rings. The van der Waals surface area contributed by atoms with Crippen molar-refractivity contribution in [2.24, 2.45) is 0 Å². The number of nitrogens with zero attached hydrogens (tertiary/aromatic N) is 3. The number of aliphatic hydroxyl groups is 1. The summed E-state index contributed by atoms with van der Waals surface area (Å²) in [5, 5.41) is 10.4. The first-order valence-electron chi connectivity index (χ1n) is 9.82. The van der Waals surface area contributed by atoms with E-state index in [-0.39, 0.29) is 34.9 Å². The van der Waals surface area contributed by atoms with Gasteiger partial charge in [0.05, 0.1) is 12.8 Å². The number of para-hydroxylation sites is 1. The van der Waals surface area contributed by atoms with E-state index in [1.54, 1.807) is 44.2 Å². The molecular weight excluding hydrogens is 413 g/mol. The van der Waals surface area contributed by atoms with Gasteiger partial charge in [0.2, 0.25) is 5.89 Å². The predicted molar refractivity (Wildman–Crippen MR) is 114 cm³/mol. The molecule has 0 aliphatic heterocycles. The SMILES string of the molecule is CCOC(=O)c1nc(-c2cccc(C#C[C@H](O)c3ncc(C)o3)c2)nc2c(F)cccc12. The highest BCUT2D eigenvalue weighted by Gasteiger charge is 2.19. The molecule has 0 bridgehead atoms. The van der Waals surface area contributed by atoms with E-state index < -0.39 is 17.9 Å². The first-order valence-corrected chi connectivity index (χ1v) is 9.82. The number of hydrogen-bond acceptors (Lipinski definition) is 7. The molecular formula is C24H18FN3O4. The molecule has 2 aromatic carbocycles. The number of rotatable bonds is 4. The number of hydrogen-bond donors (Lipinski definition) is 1. The minimum atomic E-state index is -1.19. The molecule has 2 heterocycles. The van der Waals surface area contributed by atoms with Gasteiger partial charge in [-0.25, -0.2) is 24.1 Å². The molecule has 160 valence electrons. The second-order valence-corrected chi connectivity index (χ2v) is 6.81. The number of oxazole rings is 1. The van der Waals surface area contributed by atoms with Crippen LogP contribution in [0.15, 0.2) is 53.1 Å². The summed E-state index contributed by atoms with van der Waals surface area (Å²) in [4.78, 5) is 25.0. The molecule has 7 nitrogen and oxygen atoms in total. The Morgan fingerprint density at radius 3 is 2.81 bits per heavy atom. The topological polar surface area (TPSA) is 98.3 Å². The minimum Gasteiger partial charge on any atom is -0.461 e. The van der Waals surface area contributed by atoms with Gasteiger partial charge in [0, 0.05) is 16.5 Å². The van der Waals surface area contributed by atoms with Gasteiger partial charge in [-0.05, 0) is 32.0 Å². The molecule has 0 aliphatic carbocycles. The molecule has 0 fully saturated rings. The lowest BCUT2D eigenvalue weighted by molar-refractivity contribution is 0.0522. The van der Waals surface area contributed by atoms with Crippen molar-refractivity contribution in [1.29, 1.82) is 0 Å². The normalized spacial score (nSPS) is 11.6. The van der Waals surface area contributed by atoms with Crippen molar-refractivity contribution in [2.45, 2.75) is 20.0 Å². The maximum absolute atomic E-state index is 14.5. The number of aryl methyl sites for hydroxylation is 1. The number of aliphatic hydroxyl groups excluding tert-OH is 1. The van der Waals surface area contributed by atoms with E-state index in [1.807, 2.05) is 0 Å². The number of fused-ring (bicyclic) bond motifs is 1. The van der Waals surface area contributed by atoms with Crippen LogP contribution in [-0.2, 0) is 4.74 Å². The van der Waals surface area contributed by atoms with Gasteiger partial charge in [0.1, 0.15) is 17.1 Å². The summed E-state index contributed by atoms with van der Waals surface area (Å²) in [7, 11) is 0. The Morgan fingerprint density at radius 1 is 1.25 bits per heavy atom. The van der Waals surface area contributed by atoms with Crippen LogP contribution in [0, 0.1) is 24.6 Å². The molecule has 4 aromatic rings. The molecule has 1 atom stereocenters. The fourth-order valence-corrected chi connectivity index (χ4v) is 3.05. The van der Waals surface area contributed by atoms with Crippen LogP contribution in [0.4, 0.5) is 4.39 Å². The van der Waals surface area contributed by atoms with Crippen LogP contribution in [-0.4, -0.2) is 32.6 Å². The highest BCUT2D eigenvalue weighted by Crippen LogP contribution is 2.25. The monoisotopic (exact) mass is 431 g/mol. The Balaban J connectivity index is 1.74. The summed E-state index contributed by atoms with van der Waals surface area (Å²) in [5.74, 6) is 5.11. The fraction of sp³-hybridized carbons (Fsp3) is 0.167. The molecule has 0 unspecified atom stereocenters. The maximum Gasteiger partial charge on any atom is 0.357 e. The van der Waals surface area contributed by atoms with Gasteiger partial charge in [-0.2, -0.15) is 0 Å². The van der Waals surface area contributed by atoms with Gasteiger partial charge in [0.25, 0.3) is 0 Å². The molecule has 0 saturated heterocycles. The first kappa shape index (κ1) is 21.2. The summed E-state index contributed by atoms with van der Waals surface area (Å²) in [5.41, 5.74) is 1.08. The van der Waals surface area contributed by atoms with Crippen LogP contribution >= 0.6 is 0 Å². The Bertz CT molecular complexity index is 1370. The minimum absolute atomic E-state index is 0.0162. The fourth-order valence-electron chi connectivity index (χ4n) is 3.05. The zero-order valence-electron chi connectivity index (χ0n) is 17.3. The van der Waals surface area contributed by atoms with E-state index in [0.29, 0.717) is 16.9 Å². The van der Waals surface area contributed by atoms with Gasteiger partial charge in [-0.15, -0.1) is 0 Å². The molecule has 0 spiro atoms. The van der Waals surface area contributed by atoms with Gasteiger partial charge < -0.3 is 14.3 Å². The van der Waals surface area contributed by atoms with Crippen LogP contribution in [0.1, 0.15) is 40.7 Å². The third-order valence-corrected chi connectivity index (χ3v) is 4.49. The van der Waals surface area contributed by atoms with Gasteiger partial charge >= 0.3 is 5.97 Å². The van der Waals surface area contributed by atoms with Crippen LogP contribution in [0.5, 0.6) is 0 Å². The van der Waals surface area contributed by atoms with E-state index in [1.165, 1.54) is 18.3 Å². The Labute approximate surface area is 182 Å². The van der Waals surface area contributed by atoms with Crippen molar-refractivity contribution in [3.8, 4) is 23.2 Å². The van der Waals surface area contributed by atoms with Gasteiger partial charge in [-0.3, -0.25) is 0 Å². The smallest absolute Gasteiger partial charge is 0.357 e. The summed E-state index contributed by atoms with van der Waals surface area (Å²) < 4.78 is 24.8. The number of aromatic nitrogens is 3. The predicted octanol–water partition coefficient (Wildman–Crippen LogP) is 3.99. The van der Waals surface area contributed by atoms with Crippen molar-refractivity contribution in [2.75, 3.05) is 6.61 Å². The quantitative estimate of drug-likeness (QED) is 0.385. The van der Waals surface area contributed by atoms with E-state index >= 15 is 0 Å². The third kappa shape index (κ3) is 4.33. The summed E-state index contributed by atoms with van der Waals surface area (Å²) in [6.07, 6.45) is 0.312. The van der Waals surface area contributed by atoms with Gasteiger partial charge in [-0.1, -0.05) is 36.1 Å². The van der Waals surface area contributed by atoms with Gasteiger partial charge in [0.15, 0.2) is 17.6 Å². The lowest BCUT2D eigenvalue weighted by Crippen LogP contribution is -2.10. The van der Waals surface area contributed by atoms with Crippen molar-refractivity contribution in [3.05, 3.63) is 77.4 Å². The van der Waals surface area contributed by atoms with Crippen LogP contribution in [0.2, 0.25) is 0 Å². The third-order valence-electron chi connectivity index (χ3n) is 4.49. The van der Waals surface area contributed by atoms with Crippen molar-refractivity contribution < 1.29 is 23.4 Å². The average Bonchev–Trinajstić information content (AvgIpc) is 3.24. The number of benzene rings is 2. The van der Waals surface area contributed by atoms with Crippen LogP contribution < -0.4 is 0 Å². The Hall–Kier alpha value is -4.09. The molecule has 4 rings (SSSR count). The Morgan fingerprint density at radius 2 is 2.06 bits per heavy atom. The molecule has 0 amide bonds. The lowest BCUT2D eigenvalue weighted by Gasteiger charge is -2.09. The summed E-state index contributed by atoms with van der Waals surface area (Å²) >= 11 is 0. The lowest BCUT2D eigenvalue weighted by atomic mass is 10.1. The standard InChI is InChI=1S/C24H18FN3O4/c1-3-31-24(30)21-17-8-5-9-18(25)20(17)27-22(28-21)16-7-4-6-15(12-16)10-11-19(29)23-26-13-14(2)32-23/h4-9,12-13,19,29H,3H2,1-2H3/t19-/m0/s1. The largest absolute Gasteiger partial charge is 0.461 e. The molecule has 32 heavy (non-hydrogen) atoms. The highest BCUT2D eigenvalue weighted by molar-refractivity contribution is 6.02. The second kappa shape index (κ2) is 8.96. The van der Waals surface area contributed by atoms with Crippen molar-refractivity contribution >= 4 is 16.9 Å². The maximum atomic E-state index is 14.5. The summed E-state index contributed by atoms with van der Waals surface area (Å²) in [6.45, 7) is 3.56. The zero-order valence-corrected chi connectivity index (χ0v) is 17.3. The number of halogens is 1. The average molecular weight is 431 g/mol. The Kier molecular flexibility index (Phi) is 5.92. The van der Waals surface area contributed by atoms with E-state index in [4.69, 9.17) is 9.15 Å². The molecule has 2 aromatic heterocycles. The van der Waals surface area contributed by atoms with E-state index in [2.05, 4.69) is 26.8 Å². The van der Waals surface area contributed by atoms with Crippen molar-refractivity contribution in [3.63, 3.8) is 0 Å². The number of esters is 1. The van der Waals surface area contributed by atoms with E-state index in [9.17, 15) is 14.3 Å². The molecule has 8 heteroatoms. The van der Waals surface area contributed by atoms with Crippen LogP contribution in [0.3, 0.4) is 0 Å². The highest BCUT2D eigenvalue weighted by atomic mass is 19.1. The summed E-state index contributed by atoms with van der Waals surface area (Å²) in [6, 6.07) is 11.2. The zero-order chi connectivity index (χ0) is 22.7. The van der Waals surface area contributed by atoms with Crippen LogP contribution in [0.25, 0.3) is 22.3 Å². The van der Waals surface area contributed by atoms with E-state index in [0.717, 1.165) is 0 Å². The molecule has 1 N–H and O–H groups in total. The van der Waals surface area contributed by atoms with Crippen molar-refractivity contribution in [1.82, 2.24) is 15.0 Å². The number of ether oxygens (including phenoxy) is 1. The molecule has 0 saturated carbocycles. The number of carbonyl (C=O) groups excluding carboxylic acids is 1. The second-order valence-electron chi connectivity index (χ2n) is 6.81. The number of carbonyl (C=O) groups is 1. The first-order chi connectivity index (χ1) is 15.5. The molecule has 0 radical (unpaired) electrons.